The van der Waals surface area contributed by atoms with Gasteiger partial charge < -0.3 is 10.8 Å². The maximum absolute atomic E-state index is 8.63. The van der Waals surface area contributed by atoms with Crippen molar-refractivity contribution in [2.75, 3.05) is 5.73 Å². The van der Waals surface area contributed by atoms with E-state index in [1.54, 1.807) is 24.3 Å². The van der Waals surface area contributed by atoms with Gasteiger partial charge in [-0.05, 0) is 55.7 Å². The fraction of sp³-hybridized carbons (Fsp3) is 0.200. The summed E-state index contributed by atoms with van der Waals surface area (Å²) in [5.74, 6) is 0.322. The van der Waals surface area contributed by atoms with Crippen molar-refractivity contribution >= 4 is 5.69 Å². The van der Waals surface area contributed by atoms with Crippen LogP contribution in [-0.4, -0.2) is 5.11 Å². The third kappa shape index (κ3) is 3.83. The van der Waals surface area contributed by atoms with Crippen LogP contribution in [0.15, 0.2) is 42.5 Å². The molecule has 17 heavy (non-hydrogen) atoms. The van der Waals surface area contributed by atoms with Crippen LogP contribution < -0.4 is 5.73 Å². The number of benzene rings is 2. The number of hydrogen-bond donors (Lipinski definition) is 2. The molecule has 0 radical (unpaired) electrons. The monoisotopic (exact) mass is 229 g/mol. The van der Waals surface area contributed by atoms with Crippen LogP contribution in [0, 0.1) is 20.8 Å². The minimum Gasteiger partial charge on any atom is -0.508 e. The molecule has 0 heterocycles. The van der Waals surface area contributed by atoms with E-state index in [0.717, 1.165) is 5.69 Å². The van der Waals surface area contributed by atoms with Crippen molar-refractivity contribution in [2.24, 2.45) is 0 Å². The lowest BCUT2D eigenvalue weighted by molar-refractivity contribution is 0.475. The minimum atomic E-state index is 0.322. The summed E-state index contributed by atoms with van der Waals surface area (Å²) in [6.45, 7) is 6.25. The number of para-hydroxylation sites is 1. The van der Waals surface area contributed by atoms with Gasteiger partial charge in [-0.2, -0.15) is 0 Å². The number of anilines is 1. The lowest BCUT2D eigenvalue weighted by Gasteiger charge is -2.05. The molecule has 0 saturated heterocycles. The maximum Gasteiger partial charge on any atom is 0.115 e. The largest absolute Gasteiger partial charge is 0.508 e. The van der Waals surface area contributed by atoms with Crippen molar-refractivity contribution in [3.05, 3.63) is 59.2 Å². The predicted octanol–water partition coefficient (Wildman–Crippen LogP) is 3.59. The molecule has 2 rings (SSSR count). The van der Waals surface area contributed by atoms with Gasteiger partial charge >= 0.3 is 0 Å². The van der Waals surface area contributed by atoms with Crippen molar-refractivity contribution in [3.63, 3.8) is 0 Å². The van der Waals surface area contributed by atoms with Crippen molar-refractivity contribution in [1.82, 2.24) is 0 Å². The van der Waals surface area contributed by atoms with E-state index in [9.17, 15) is 0 Å². The van der Waals surface area contributed by atoms with Gasteiger partial charge in [-0.3, -0.25) is 0 Å². The average Bonchev–Trinajstić information content (AvgIpc) is 2.33. The predicted molar refractivity (Wildman–Crippen MR) is 73.2 cm³/mol. The summed E-state index contributed by atoms with van der Waals surface area (Å²) in [5, 5.41) is 8.63. The van der Waals surface area contributed by atoms with Crippen molar-refractivity contribution in [2.45, 2.75) is 20.8 Å². The number of nitrogens with two attached hydrogens (primary N) is 1. The second kappa shape index (κ2) is 5.94. The highest BCUT2D eigenvalue weighted by molar-refractivity contribution is 5.52. The molecule has 0 amide bonds. The normalized spacial score (nSPS) is 9.35. The summed E-state index contributed by atoms with van der Waals surface area (Å²) in [6, 6.07) is 12.7. The molecule has 2 heteroatoms. The van der Waals surface area contributed by atoms with Gasteiger partial charge in [0, 0.05) is 5.69 Å². The molecule has 0 aliphatic rings. The number of aromatic hydroxyl groups is 1. The average molecular weight is 229 g/mol. The number of nitrogen functional groups attached to an aromatic ring is 1. The number of rotatable bonds is 0. The zero-order valence-electron chi connectivity index (χ0n) is 10.6. The summed E-state index contributed by atoms with van der Waals surface area (Å²) in [7, 11) is 0. The molecule has 2 aromatic rings. The van der Waals surface area contributed by atoms with Gasteiger partial charge in [-0.1, -0.05) is 24.3 Å². The van der Waals surface area contributed by atoms with Crippen LogP contribution in [0.2, 0.25) is 0 Å². The Bertz CT molecular complexity index is 451. The van der Waals surface area contributed by atoms with Gasteiger partial charge in [0.25, 0.3) is 0 Å². The van der Waals surface area contributed by atoms with Crippen LogP contribution in [0.1, 0.15) is 16.7 Å². The van der Waals surface area contributed by atoms with Crippen LogP contribution >= 0.6 is 0 Å². The van der Waals surface area contributed by atoms with Crippen LogP contribution in [0.5, 0.6) is 5.75 Å². The quantitative estimate of drug-likeness (QED) is 0.678. The summed E-state index contributed by atoms with van der Waals surface area (Å²) in [6.07, 6.45) is 0. The lowest BCUT2D eigenvalue weighted by Crippen LogP contribution is -1.93. The van der Waals surface area contributed by atoms with Crippen molar-refractivity contribution < 1.29 is 5.11 Å². The van der Waals surface area contributed by atoms with E-state index in [1.165, 1.54) is 16.7 Å². The fourth-order valence-electron chi connectivity index (χ4n) is 1.41. The molecule has 0 atom stereocenters. The van der Waals surface area contributed by atoms with Crippen molar-refractivity contribution in [1.29, 1.82) is 0 Å². The number of phenolic OH excluding ortho intramolecular Hbond substituents is 1. The third-order valence-corrected chi connectivity index (χ3v) is 2.86. The lowest BCUT2D eigenvalue weighted by atomic mass is 10.0. The molecular formula is C15H19NO. The van der Waals surface area contributed by atoms with E-state index in [-0.39, 0.29) is 0 Å². The van der Waals surface area contributed by atoms with Crippen molar-refractivity contribution in [3.8, 4) is 5.75 Å². The van der Waals surface area contributed by atoms with Crippen LogP contribution in [-0.2, 0) is 0 Å². The number of aryl methyl sites for hydroxylation is 1. The highest BCUT2D eigenvalue weighted by atomic mass is 16.3. The minimum absolute atomic E-state index is 0.322. The molecular weight excluding hydrogens is 210 g/mol. The SMILES string of the molecule is Cc1ccc(N)c(C)c1C.Oc1ccccc1. The molecule has 2 nitrogen and oxygen atoms in total. The Morgan fingerprint density at radius 1 is 0.824 bits per heavy atom. The van der Waals surface area contributed by atoms with Gasteiger partial charge in [-0.15, -0.1) is 0 Å². The standard InChI is InChI=1S/C9H13N.C6H6O/c1-6-4-5-9(10)8(3)7(6)2;7-6-4-2-1-3-5-6/h4-5H,10H2,1-3H3;1-5,7H. The van der Waals surface area contributed by atoms with E-state index >= 15 is 0 Å². The third-order valence-electron chi connectivity index (χ3n) is 2.86. The smallest absolute Gasteiger partial charge is 0.115 e. The molecule has 0 aliphatic carbocycles. The molecule has 0 aliphatic heterocycles. The van der Waals surface area contributed by atoms with E-state index in [0.29, 0.717) is 5.75 Å². The van der Waals surface area contributed by atoms with Gasteiger partial charge in [-0.25, -0.2) is 0 Å². The summed E-state index contributed by atoms with van der Waals surface area (Å²) in [5.41, 5.74) is 10.4. The first-order valence-corrected chi connectivity index (χ1v) is 5.58. The molecule has 3 N–H and O–H groups in total. The summed E-state index contributed by atoms with van der Waals surface area (Å²) in [4.78, 5) is 0. The first kappa shape index (κ1) is 13.1. The molecule has 0 bridgehead atoms. The first-order chi connectivity index (χ1) is 8.02. The highest BCUT2D eigenvalue weighted by Gasteiger charge is 1.98. The Morgan fingerprint density at radius 2 is 1.41 bits per heavy atom. The van der Waals surface area contributed by atoms with Gasteiger partial charge in [0.05, 0.1) is 0 Å². The molecule has 2 aromatic carbocycles. The zero-order valence-corrected chi connectivity index (χ0v) is 10.6. The molecule has 0 fully saturated rings. The summed E-state index contributed by atoms with van der Waals surface area (Å²) >= 11 is 0. The molecule has 0 aromatic heterocycles. The fourth-order valence-corrected chi connectivity index (χ4v) is 1.41. The van der Waals surface area contributed by atoms with E-state index < -0.39 is 0 Å². The zero-order chi connectivity index (χ0) is 12.8. The van der Waals surface area contributed by atoms with Crippen LogP contribution in [0.4, 0.5) is 5.69 Å². The second-order valence-corrected chi connectivity index (χ2v) is 4.06. The Morgan fingerprint density at radius 3 is 1.82 bits per heavy atom. The molecule has 90 valence electrons. The van der Waals surface area contributed by atoms with Gasteiger partial charge in [0.2, 0.25) is 0 Å². The Labute approximate surface area is 103 Å². The first-order valence-electron chi connectivity index (χ1n) is 5.58. The van der Waals surface area contributed by atoms with Crippen LogP contribution in [0.25, 0.3) is 0 Å². The molecule has 0 saturated carbocycles. The van der Waals surface area contributed by atoms with Crippen LogP contribution in [0.3, 0.4) is 0 Å². The Hall–Kier alpha value is -1.96. The molecule has 0 unspecified atom stereocenters. The number of hydrogen-bond acceptors (Lipinski definition) is 2. The number of phenols is 1. The Balaban J connectivity index is 0.000000181. The van der Waals surface area contributed by atoms with Gasteiger partial charge in [0.15, 0.2) is 0 Å². The van der Waals surface area contributed by atoms with E-state index in [2.05, 4.69) is 26.8 Å². The van der Waals surface area contributed by atoms with E-state index in [1.807, 2.05) is 12.1 Å². The van der Waals surface area contributed by atoms with E-state index in [4.69, 9.17) is 10.8 Å². The summed E-state index contributed by atoms with van der Waals surface area (Å²) < 4.78 is 0. The maximum atomic E-state index is 8.63. The highest BCUT2D eigenvalue weighted by Crippen LogP contribution is 2.17. The Kier molecular flexibility index (Phi) is 4.58. The van der Waals surface area contributed by atoms with Gasteiger partial charge in [0.1, 0.15) is 5.75 Å². The topological polar surface area (TPSA) is 46.2 Å². The second-order valence-electron chi connectivity index (χ2n) is 4.06. The molecule has 0 spiro atoms.